The molecule has 1 unspecified atom stereocenters. The Morgan fingerprint density at radius 2 is 1.68 bits per heavy atom. The van der Waals surface area contributed by atoms with E-state index in [9.17, 15) is 5.11 Å². The molecule has 0 aromatic heterocycles. The predicted octanol–water partition coefficient (Wildman–Crippen LogP) is 2.48. The largest absolute Gasteiger partial charge is 0.491 e. The molecule has 1 atom stereocenters. The van der Waals surface area contributed by atoms with Crippen molar-refractivity contribution in [1.29, 1.82) is 0 Å². The first kappa shape index (κ1) is 14.4. The topological polar surface area (TPSA) is 41.5 Å². The molecule has 0 saturated carbocycles. The molecule has 0 amide bonds. The molecule has 19 heavy (non-hydrogen) atoms. The van der Waals surface area contributed by atoms with E-state index in [2.05, 4.69) is 17.4 Å². The number of aliphatic hydroxyl groups excluding tert-OH is 1. The molecule has 1 aromatic carbocycles. The van der Waals surface area contributed by atoms with Crippen LogP contribution in [0.4, 0.5) is 0 Å². The molecule has 106 valence electrons. The van der Waals surface area contributed by atoms with Crippen molar-refractivity contribution in [3.8, 4) is 5.75 Å². The molecule has 2 N–H and O–H groups in total. The van der Waals surface area contributed by atoms with E-state index in [1.165, 1.54) is 5.56 Å². The first-order valence-corrected chi connectivity index (χ1v) is 7.20. The molecule has 1 aliphatic rings. The summed E-state index contributed by atoms with van der Waals surface area (Å²) in [6.45, 7) is 7.89. The molecule has 1 aromatic rings. The Bertz CT molecular complexity index is 392. The van der Waals surface area contributed by atoms with Crippen LogP contribution in [0.25, 0.3) is 0 Å². The lowest BCUT2D eigenvalue weighted by molar-refractivity contribution is 0.0731. The third-order valence-corrected chi connectivity index (χ3v) is 4.10. The zero-order valence-corrected chi connectivity index (χ0v) is 12.1. The van der Waals surface area contributed by atoms with Gasteiger partial charge in [-0.3, -0.25) is 0 Å². The Labute approximate surface area is 116 Å². The van der Waals surface area contributed by atoms with Crippen LogP contribution in [-0.4, -0.2) is 30.4 Å². The van der Waals surface area contributed by atoms with Crippen LogP contribution in [0.5, 0.6) is 5.75 Å². The van der Waals surface area contributed by atoms with Gasteiger partial charge in [-0.15, -0.1) is 0 Å². The second kappa shape index (κ2) is 5.93. The fourth-order valence-corrected chi connectivity index (χ4v) is 2.96. The normalized spacial score (nSPS) is 20.3. The van der Waals surface area contributed by atoms with Crippen LogP contribution in [0.15, 0.2) is 24.3 Å². The second-order valence-corrected chi connectivity index (χ2v) is 5.77. The summed E-state index contributed by atoms with van der Waals surface area (Å²) < 4.78 is 5.68. The Balaban J connectivity index is 2.22. The van der Waals surface area contributed by atoms with Crippen molar-refractivity contribution in [3.63, 3.8) is 0 Å². The lowest BCUT2D eigenvalue weighted by atomic mass is 9.69. The van der Waals surface area contributed by atoms with E-state index >= 15 is 0 Å². The van der Waals surface area contributed by atoms with Crippen LogP contribution < -0.4 is 10.1 Å². The molecule has 1 fully saturated rings. The van der Waals surface area contributed by atoms with E-state index in [-0.39, 0.29) is 17.6 Å². The van der Waals surface area contributed by atoms with E-state index in [0.717, 1.165) is 31.7 Å². The van der Waals surface area contributed by atoms with Crippen molar-refractivity contribution in [2.24, 2.45) is 0 Å². The van der Waals surface area contributed by atoms with E-state index in [1.54, 1.807) is 0 Å². The highest BCUT2D eigenvalue weighted by molar-refractivity contribution is 5.34. The van der Waals surface area contributed by atoms with Crippen LogP contribution in [0.2, 0.25) is 0 Å². The molecular weight excluding hydrogens is 238 g/mol. The smallest absolute Gasteiger partial charge is 0.119 e. The van der Waals surface area contributed by atoms with Gasteiger partial charge in [-0.05, 0) is 64.4 Å². The van der Waals surface area contributed by atoms with Crippen LogP contribution in [0.3, 0.4) is 0 Å². The van der Waals surface area contributed by atoms with E-state index in [4.69, 9.17) is 4.74 Å². The van der Waals surface area contributed by atoms with Gasteiger partial charge in [0.1, 0.15) is 5.75 Å². The molecule has 0 aliphatic carbocycles. The fourth-order valence-electron chi connectivity index (χ4n) is 2.96. The molecule has 1 saturated heterocycles. The van der Waals surface area contributed by atoms with Gasteiger partial charge in [0.05, 0.1) is 12.2 Å². The molecule has 3 heteroatoms. The standard InChI is InChI=1S/C16H25NO2/c1-12(2)19-15-6-4-14(5-7-15)16(13(3)18)8-10-17-11-9-16/h4-7,12-13,17-18H,8-11H2,1-3H3. The molecule has 3 nitrogen and oxygen atoms in total. The monoisotopic (exact) mass is 263 g/mol. The average Bonchev–Trinajstić information content (AvgIpc) is 2.39. The summed E-state index contributed by atoms with van der Waals surface area (Å²) in [5.41, 5.74) is 1.11. The van der Waals surface area contributed by atoms with Gasteiger partial charge in [0.15, 0.2) is 0 Å². The molecule has 2 rings (SSSR count). The quantitative estimate of drug-likeness (QED) is 0.877. The molecule has 0 bridgehead atoms. The van der Waals surface area contributed by atoms with Crippen LogP contribution in [-0.2, 0) is 5.41 Å². The van der Waals surface area contributed by atoms with Gasteiger partial charge in [-0.2, -0.15) is 0 Å². The first-order chi connectivity index (χ1) is 9.04. The van der Waals surface area contributed by atoms with Crippen LogP contribution in [0.1, 0.15) is 39.2 Å². The number of hydrogen-bond acceptors (Lipinski definition) is 3. The molecule has 0 spiro atoms. The SMILES string of the molecule is CC(C)Oc1ccc(C2(C(C)O)CCNCC2)cc1. The Kier molecular flexibility index (Phi) is 4.48. The third kappa shape index (κ3) is 3.10. The third-order valence-electron chi connectivity index (χ3n) is 4.10. The van der Waals surface area contributed by atoms with Gasteiger partial charge in [0, 0.05) is 5.41 Å². The molecule has 1 aliphatic heterocycles. The van der Waals surface area contributed by atoms with Crippen molar-refractivity contribution in [2.75, 3.05) is 13.1 Å². The summed E-state index contributed by atoms with van der Waals surface area (Å²) in [5.74, 6) is 0.897. The minimum atomic E-state index is -0.327. The molecular formula is C16H25NO2. The van der Waals surface area contributed by atoms with Gasteiger partial charge in [-0.25, -0.2) is 0 Å². The fraction of sp³-hybridized carbons (Fsp3) is 0.625. The number of benzene rings is 1. The summed E-state index contributed by atoms with van der Waals surface area (Å²) >= 11 is 0. The number of aliphatic hydroxyl groups is 1. The summed E-state index contributed by atoms with van der Waals surface area (Å²) in [6.07, 6.45) is 1.83. The van der Waals surface area contributed by atoms with Crippen molar-refractivity contribution in [1.82, 2.24) is 5.32 Å². The summed E-state index contributed by atoms with van der Waals surface area (Å²) in [5, 5.41) is 13.6. The number of hydrogen-bond donors (Lipinski definition) is 2. The van der Waals surface area contributed by atoms with Gasteiger partial charge >= 0.3 is 0 Å². The first-order valence-electron chi connectivity index (χ1n) is 7.20. The van der Waals surface area contributed by atoms with Gasteiger partial charge in [0.25, 0.3) is 0 Å². The maximum atomic E-state index is 10.2. The van der Waals surface area contributed by atoms with E-state index < -0.39 is 0 Å². The Hall–Kier alpha value is -1.06. The Morgan fingerprint density at radius 1 is 1.11 bits per heavy atom. The lowest BCUT2D eigenvalue weighted by Gasteiger charge is -2.40. The highest BCUT2D eigenvalue weighted by atomic mass is 16.5. The minimum Gasteiger partial charge on any atom is -0.491 e. The average molecular weight is 263 g/mol. The van der Waals surface area contributed by atoms with Crippen molar-refractivity contribution >= 4 is 0 Å². The predicted molar refractivity (Wildman–Crippen MR) is 77.7 cm³/mol. The van der Waals surface area contributed by atoms with Crippen molar-refractivity contribution in [2.45, 2.75) is 51.2 Å². The highest BCUT2D eigenvalue weighted by Gasteiger charge is 2.38. The Morgan fingerprint density at radius 3 is 2.16 bits per heavy atom. The summed E-state index contributed by atoms with van der Waals surface area (Å²) in [6, 6.07) is 8.24. The zero-order chi connectivity index (χ0) is 13.9. The van der Waals surface area contributed by atoms with Gasteiger partial charge in [-0.1, -0.05) is 12.1 Å². The maximum Gasteiger partial charge on any atom is 0.119 e. The number of nitrogens with one attached hydrogen (secondary N) is 1. The van der Waals surface area contributed by atoms with Crippen molar-refractivity contribution < 1.29 is 9.84 Å². The summed E-state index contributed by atoms with van der Waals surface area (Å²) in [4.78, 5) is 0. The lowest BCUT2D eigenvalue weighted by Crippen LogP contribution is -2.46. The zero-order valence-electron chi connectivity index (χ0n) is 12.1. The van der Waals surface area contributed by atoms with E-state index in [0.29, 0.717) is 0 Å². The van der Waals surface area contributed by atoms with Gasteiger partial charge < -0.3 is 15.2 Å². The maximum absolute atomic E-state index is 10.2. The van der Waals surface area contributed by atoms with Gasteiger partial charge in [0.2, 0.25) is 0 Å². The van der Waals surface area contributed by atoms with E-state index in [1.807, 2.05) is 32.9 Å². The van der Waals surface area contributed by atoms with Crippen LogP contribution >= 0.6 is 0 Å². The minimum absolute atomic E-state index is 0.110. The number of rotatable bonds is 4. The summed E-state index contributed by atoms with van der Waals surface area (Å²) in [7, 11) is 0. The molecule has 1 heterocycles. The second-order valence-electron chi connectivity index (χ2n) is 5.77. The molecule has 0 radical (unpaired) electrons. The number of piperidine rings is 1. The number of ether oxygens (including phenoxy) is 1. The van der Waals surface area contributed by atoms with Crippen LogP contribution in [0, 0.1) is 0 Å². The highest BCUT2D eigenvalue weighted by Crippen LogP contribution is 2.37. The van der Waals surface area contributed by atoms with Crippen molar-refractivity contribution in [3.05, 3.63) is 29.8 Å².